The fourth-order valence-electron chi connectivity index (χ4n) is 1.08. The second-order valence-electron chi connectivity index (χ2n) is 2.86. The molecule has 0 aromatic carbocycles. The van der Waals surface area contributed by atoms with E-state index in [0.29, 0.717) is 6.29 Å². The molecule has 14 heavy (non-hydrogen) atoms. The molecule has 0 saturated heterocycles. The molecule has 1 heterocycles. The van der Waals surface area contributed by atoms with Crippen molar-refractivity contribution >= 4 is 6.29 Å². The van der Waals surface area contributed by atoms with Gasteiger partial charge in [0.2, 0.25) is 0 Å². The fraction of sp³-hybridized carbons (Fsp3) is 0.333. The molecule has 76 valence electrons. The predicted octanol–water partition coefficient (Wildman–Crippen LogP) is 2.40. The normalized spacial score (nSPS) is 13.7. The molecule has 1 aromatic rings. The second kappa shape index (κ2) is 3.77. The van der Waals surface area contributed by atoms with E-state index < -0.39 is 17.7 Å². The molecule has 0 spiro atoms. The van der Waals surface area contributed by atoms with Crippen molar-refractivity contribution in [2.75, 3.05) is 0 Å². The van der Waals surface area contributed by atoms with Crippen molar-refractivity contribution in [3.05, 3.63) is 29.6 Å². The lowest BCUT2D eigenvalue weighted by Crippen LogP contribution is -2.13. The van der Waals surface area contributed by atoms with Crippen molar-refractivity contribution in [3.63, 3.8) is 0 Å². The first-order chi connectivity index (χ1) is 6.46. The smallest absolute Gasteiger partial charge is 0.303 e. The number of carbonyl (C=O) groups excluding carboxylic acids is 1. The molecular formula is C9H8F3NO. The van der Waals surface area contributed by atoms with Crippen LogP contribution in [0.4, 0.5) is 13.2 Å². The molecular weight excluding hydrogens is 195 g/mol. The molecule has 0 radical (unpaired) electrons. The van der Waals surface area contributed by atoms with E-state index in [-0.39, 0.29) is 5.69 Å². The number of aromatic nitrogens is 1. The molecule has 1 unspecified atom stereocenters. The first-order valence-corrected chi connectivity index (χ1v) is 3.94. The number of hydrogen-bond acceptors (Lipinski definition) is 2. The summed E-state index contributed by atoms with van der Waals surface area (Å²) in [4.78, 5) is 13.9. The van der Waals surface area contributed by atoms with Crippen LogP contribution in [0.1, 0.15) is 24.1 Å². The minimum atomic E-state index is -4.46. The van der Waals surface area contributed by atoms with Gasteiger partial charge in [-0.1, -0.05) is 6.92 Å². The first kappa shape index (κ1) is 10.7. The molecule has 0 aliphatic rings. The molecule has 1 aromatic heterocycles. The van der Waals surface area contributed by atoms with Gasteiger partial charge in [-0.3, -0.25) is 4.98 Å². The van der Waals surface area contributed by atoms with Gasteiger partial charge in [0.25, 0.3) is 0 Å². The zero-order chi connectivity index (χ0) is 10.8. The van der Waals surface area contributed by atoms with E-state index in [1.165, 1.54) is 19.2 Å². The molecule has 0 aliphatic heterocycles. The number of rotatable bonds is 2. The summed E-state index contributed by atoms with van der Waals surface area (Å²) < 4.78 is 37.2. The van der Waals surface area contributed by atoms with Gasteiger partial charge in [0, 0.05) is 6.20 Å². The van der Waals surface area contributed by atoms with Crippen LogP contribution in [0.25, 0.3) is 0 Å². The first-order valence-electron chi connectivity index (χ1n) is 3.94. The molecule has 1 atom stereocenters. The largest absolute Gasteiger partial charge is 0.418 e. The quantitative estimate of drug-likeness (QED) is 0.691. The lowest BCUT2D eigenvalue weighted by molar-refractivity contribution is -0.138. The summed E-state index contributed by atoms with van der Waals surface area (Å²) in [6, 6.07) is 2.12. The molecule has 0 amide bonds. The van der Waals surface area contributed by atoms with E-state index in [4.69, 9.17) is 0 Å². The van der Waals surface area contributed by atoms with Crippen molar-refractivity contribution in [1.82, 2.24) is 4.98 Å². The Kier molecular flexibility index (Phi) is 2.88. The molecule has 2 nitrogen and oxygen atoms in total. The summed E-state index contributed by atoms with van der Waals surface area (Å²) in [7, 11) is 0. The number of carbonyl (C=O) groups is 1. The van der Waals surface area contributed by atoms with E-state index in [9.17, 15) is 18.0 Å². The summed E-state index contributed by atoms with van der Waals surface area (Å²) in [5.41, 5.74) is -1.07. The number of hydrogen-bond donors (Lipinski definition) is 0. The molecule has 0 aliphatic carbocycles. The van der Waals surface area contributed by atoms with Gasteiger partial charge in [-0.25, -0.2) is 0 Å². The number of nitrogens with zero attached hydrogens (tertiary/aromatic N) is 1. The van der Waals surface area contributed by atoms with Gasteiger partial charge >= 0.3 is 6.18 Å². The summed E-state index contributed by atoms with van der Waals surface area (Å²) >= 11 is 0. The Balaban J connectivity index is 3.22. The van der Waals surface area contributed by atoms with Crippen LogP contribution >= 0.6 is 0 Å². The number of aldehydes is 1. The van der Waals surface area contributed by atoms with E-state index in [0.717, 1.165) is 6.07 Å². The summed E-state index contributed by atoms with van der Waals surface area (Å²) in [6.45, 7) is 1.38. The average Bonchev–Trinajstić information content (AvgIpc) is 2.15. The van der Waals surface area contributed by atoms with Crippen molar-refractivity contribution in [1.29, 1.82) is 0 Å². The average molecular weight is 203 g/mol. The molecule has 0 saturated carbocycles. The van der Waals surface area contributed by atoms with Gasteiger partial charge in [0.15, 0.2) is 0 Å². The van der Waals surface area contributed by atoms with Crippen molar-refractivity contribution < 1.29 is 18.0 Å². The van der Waals surface area contributed by atoms with E-state index in [1.54, 1.807) is 0 Å². The summed E-state index contributed by atoms with van der Waals surface area (Å²) in [5.74, 6) is -0.840. The maximum Gasteiger partial charge on any atom is 0.418 e. The van der Waals surface area contributed by atoms with E-state index in [1.807, 2.05) is 0 Å². The van der Waals surface area contributed by atoms with Crippen LogP contribution in [-0.4, -0.2) is 11.3 Å². The highest BCUT2D eigenvalue weighted by molar-refractivity contribution is 5.61. The maximum atomic E-state index is 12.4. The van der Waals surface area contributed by atoms with Crippen LogP contribution in [0.2, 0.25) is 0 Å². The number of halogens is 3. The highest BCUT2D eigenvalue weighted by Crippen LogP contribution is 2.33. The number of pyridine rings is 1. The molecule has 5 heteroatoms. The molecule has 1 rings (SSSR count). The maximum absolute atomic E-state index is 12.4. The highest BCUT2D eigenvalue weighted by atomic mass is 19.4. The Labute approximate surface area is 78.8 Å². The Morgan fingerprint density at radius 2 is 2.14 bits per heavy atom. The lowest BCUT2D eigenvalue weighted by Gasteiger charge is -2.12. The molecule has 0 bridgehead atoms. The zero-order valence-corrected chi connectivity index (χ0v) is 7.38. The van der Waals surface area contributed by atoms with E-state index in [2.05, 4.69) is 4.98 Å². The third-order valence-electron chi connectivity index (χ3n) is 1.78. The Bertz CT molecular complexity index is 335. The van der Waals surface area contributed by atoms with Crippen LogP contribution < -0.4 is 0 Å². The predicted molar refractivity (Wildman–Crippen MR) is 43.7 cm³/mol. The van der Waals surface area contributed by atoms with Gasteiger partial charge in [-0.2, -0.15) is 13.2 Å². The summed E-state index contributed by atoms with van der Waals surface area (Å²) in [6.07, 6.45) is -2.77. The van der Waals surface area contributed by atoms with Crippen LogP contribution in [0.15, 0.2) is 18.3 Å². The zero-order valence-electron chi connectivity index (χ0n) is 7.38. The van der Waals surface area contributed by atoms with Crippen LogP contribution in [-0.2, 0) is 11.0 Å². The van der Waals surface area contributed by atoms with Crippen LogP contribution in [0.3, 0.4) is 0 Å². The lowest BCUT2D eigenvalue weighted by atomic mass is 10.0. The fourth-order valence-corrected chi connectivity index (χ4v) is 1.08. The van der Waals surface area contributed by atoms with Crippen molar-refractivity contribution in [3.8, 4) is 0 Å². The second-order valence-corrected chi connectivity index (χ2v) is 2.86. The van der Waals surface area contributed by atoms with Crippen LogP contribution in [0, 0.1) is 0 Å². The monoisotopic (exact) mass is 203 g/mol. The molecule has 0 fully saturated rings. The Morgan fingerprint density at radius 3 is 2.64 bits per heavy atom. The minimum Gasteiger partial charge on any atom is -0.303 e. The Morgan fingerprint density at radius 1 is 1.50 bits per heavy atom. The third kappa shape index (κ3) is 2.10. The van der Waals surface area contributed by atoms with Gasteiger partial charge in [0.1, 0.15) is 6.29 Å². The van der Waals surface area contributed by atoms with Crippen molar-refractivity contribution in [2.24, 2.45) is 0 Å². The highest BCUT2D eigenvalue weighted by Gasteiger charge is 2.34. The van der Waals surface area contributed by atoms with Gasteiger partial charge in [-0.15, -0.1) is 0 Å². The standard InChI is InChI=1S/C9H8F3NO/c1-6(5-14)8-7(9(10,11)12)3-2-4-13-8/h2-6H,1H3. The van der Waals surface area contributed by atoms with Gasteiger partial charge in [0.05, 0.1) is 17.2 Å². The SMILES string of the molecule is CC(C=O)c1ncccc1C(F)(F)F. The van der Waals surface area contributed by atoms with Crippen molar-refractivity contribution in [2.45, 2.75) is 19.0 Å². The van der Waals surface area contributed by atoms with Gasteiger partial charge < -0.3 is 4.79 Å². The van der Waals surface area contributed by atoms with E-state index >= 15 is 0 Å². The topological polar surface area (TPSA) is 30.0 Å². The van der Waals surface area contributed by atoms with Gasteiger partial charge in [-0.05, 0) is 12.1 Å². The number of alkyl halides is 3. The molecule has 0 N–H and O–H groups in total. The Hall–Kier alpha value is -1.39. The van der Waals surface area contributed by atoms with Crippen LogP contribution in [0.5, 0.6) is 0 Å². The third-order valence-corrected chi connectivity index (χ3v) is 1.78. The summed E-state index contributed by atoms with van der Waals surface area (Å²) in [5, 5.41) is 0. The minimum absolute atomic E-state index is 0.227.